The molecule has 114 valence electrons. The first-order valence-electron chi connectivity index (χ1n) is 7.09. The highest BCUT2D eigenvalue weighted by molar-refractivity contribution is 7.33. The molecule has 0 saturated carbocycles. The Labute approximate surface area is 122 Å². The molecule has 0 N–H and O–H groups in total. The maximum atomic E-state index is 11.8. The molecule has 5 nitrogen and oxygen atoms in total. The van der Waals surface area contributed by atoms with Gasteiger partial charge in [0.15, 0.2) is 0 Å². The average Bonchev–Trinajstić information content (AvgIpc) is 2.51. The zero-order valence-electron chi connectivity index (χ0n) is 12.9. The number of hydrogen-bond donors (Lipinski definition) is 0. The summed E-state index contributed by atoms with van der Waals surface area (Å²) in [6.07, 6.45) is 2.56. The number of nitrogens with zero attached hydrogens (tertiary/aromatic N) is 2. The molecule has 0 spiro atoms. The Kier molecular flexibility index (Phi) is 8.74. The molecule has 0 aliphatic rings. The van der Waals surface area contributed by atoms with Crippen LogP contribution in [0.4, 0.5) is 0 Å². The fraction of sp³-hybridized carbons (Fsp3) is 0.857. The third kappa shape index (κ3) is 5.25. The van der Waals surface area contributed by atoms with Crippen molar-refractivity contribution >= 4 is 8.25 Å². The van der Waals surface area contributed by atoms with Crippen LogP contribution in [0.5, 0.6) is 0 Å². The normalized spacial score (nSPS) is 12.2. The summed E-state index contributed by atoms with van der Waals surface area (Å²) in [4.78, 5) is 0. The van der Waals surface area contributed by atoms with Gasteiger partial charge >= 0.3 is 8.25 Å². The molecule has 0 aromatic heterocycles. The quantitative estimate of drug-likeness (QED) is 0.568. The lowest BCUT2D eigenvalue weighted by Crippen LogP contribution is -2.24. The van der Waals surface area contributed by atoms with Crippen molar-refractivity contribution in [1.82, 2.24) is 0 Å². The van der Waals surface area contributed by atoms with Gasteiger partial charge < -0.3 is 9.05 Å². The molecule has 0 saturated heterocycles. The maximum Gasteiger partial charge on any atom is 0.319 e. The third-order valence-corrected chi connectivity index (χ3v) is 4.87. The first kappa shape index (κ1) is 19.1. The molecule has 0 aliphatic carbocycles. The predicted octanol–water partition coefficient (Wildman–Crippen LogP) is 4.07. The topological polar surface area (TPSA) is 83.1 Å². The van der Waals surface area contributed by atoms with Crippen molar-refractivity contribution < 1.29 is 13.6 Å². The summed E-state index contributed by atoms with van der Waals surface area (Å²) in [5.41, 5.74) is -1.21. The van der Waals surface area contributed by atoms with Crippen LogP contribution in [-0.2, 0) is 13.6 Å². The predicted molar refractivity (Wildman–Crippen MR) is 78.2 cm³/mol. The molecular weight excluding hydrogens is 275 g/mol. The molecule has 0 heterocycles. The lowest BCUT2D eigenvalue weighted by Gasteiger charge is -2.24. The Hall–Kier alpha value is -0.870. The summed E-state index contributed by atoms with van der Waals surface area (Å²) >= 11 is 0. The summed E-state index contributed by atoms with van der Waals surface area (Å²) < 4.78 is 22.2. The van der Waals surface area contributed by atoms with E-state index in [1.807, 2.05) is 27.7 Å². The molecule has 0 unspecified atom stereocenters. The van der Waals surface area contributed by atoms with Gasteiger partial charge in [0.1, 0.15) is 0 Å². The zero-order valence-corrected chi connectivity index (χ0v) is 13.9. The summed E-state index contributed by atoms with van der Waals surface area (Å²) in [5.74, 6) is 0. The lowest BCUT2D eigenvalue weighted by atomic mass is 9.85. The van der Waals surface area contributed by atoms with Crippen LogP contribution in [0.25, 0.3) is 0 Å². The number of hydrogen-bond acceptors (Lipinski definition) is 5. The van der Waals surface area contributed by atoms with Gasteiger partial charge in [-0.1, -0.05) is 27.7 Å². The van der Waals surface area contributed by atoms with E-state index in [2.05, 4.69) is 12.1 Å². The van der Waals surface area contributed by atoms with E-state index in [0.717, 1.165) is 0 Å². The van der Waals surface area contributed by atoms with Gasteiger partial charge in [-0.3, -0.25) is 4.57 Å². The first-order chi connectivity index (χ1) is 9.46. The Bertz CT molecular complexity index is 354. The summed E-state index contributed by atoms with van der Waals surface area (Å²) in [6.45, 7) is 7.83. The largest absolute Gasteiger partial charge is 0.319 e. The van der Waals surface area contributed by atoms with Gasteiger partial charge in [-0.25, -0.2) is 0 Å². The molecule has 0 atom stereocenters. The highest BCUT2D eigenvalue weighted by Gasteiger charge is 2.29. The monoisotopic (exact) mass is 300 g/mol. The van der Waals surface area contributed by atoms with Gasteiger partial charge in [-0.15, -0.1) is 0 Å². The summed E-state index contributed by atoms with van der Waals surface area (Å²) in [5, 5.41) is 18.3. The third-order valence-electron chi connectivity index (χ3n) is 4.11. The van der Waals surface area contributed by atoms with Crippen LogP contribution in [-0.4, -0.2) is 13.2 Å². The molecular formula is C14H25N2O3P. The molecule has 0 aliphatic heterocycles. The van der Waals surface area contributed by atoms with Crippen LogP contribution in [0.15, 0.2) is 0 Å². The minimum Gasteiger partial charge on any atom is -0.309 e. The van der Waals surface area contributed by atoms with E-state index in [1.165, 1.54) is 0 Å². The van der Waals surface area contributed by atoms with Crippen molar-refractivity contribution in [2.24, 2.45) is 10.8 Å². The molecule has 0 aromatic carbocycles. The smallest absolute Gasteiger partial charge is 0.309 e. The van der Waals surface area contributed by atoms with Crippen LogP contribution in [0.3, 0.4) is 0 Å². The molecule has 6 heteroatoms. The zero-order chi connectivity index (χ0) is 15.6. The van der Waals surface area contributed by atoms with Gasteiger partial charge in [-0.2, -0.15) is 10.5 Å². The van der Waals surface area contributed by atoms with Crippen LogP contribution >= 0.6 is 8.25 Å². The highest BCUT2D eigenvalue weighted by Crippen LogP contribution is 2.35. The van der Waals surface area contributed by atoms with Crippen molar-refractivity contribution in [2.45, 2.75) is 53.4 Å². The molecule has 0 radical (unpaired) electrons. The van der Waals surface area contributed by atoms with Gasteiger partial charge in [-0.05, 0) is 25.7 Å². The fourth-order valence-electron chi connectivity index (χ4n) is 1.72. The molecule has 0 aromatic rings. The molecule has 0 bridgehead atoms. The summed E-state index contributed by atoms with van der Waals surface area (Å²) in [7, 11) is -2.67. The second kappa shape index (κ2) is 9.14. The minimum absolute atomic E-state index is 0.103. The van der Waals surface area contributed by atoms with Gasteiger partial charge in [0.25, 0.3) is 0 Å². The van der Waals surface area contributed by atoms with Gasteiger partial charge in [0.2, 0.25) is 0 Å². The van der Waals surface area contributed by atoms with Crippen LogP contribution in [0, 0.1) is 33.5 Å². The molecule has 0 amide bonds. The Morgan fingerprint density at radius 1 is 0.850 bits per heavy atom. The first-order valence-corrected chi connectivity index (χ1v) is 8.31. The fourth-order valence-corrected chi connectivity index (χ4v) is 2.60. The van der Waals surface area contributed by atoms with Gasteiger partial charge in [0.05, 0.1) is 36.2 Å². The average molecular weight is 300 g/mol. The van der Waals surface area contributed by atoms with Crippen LogP contribution in [0.1, 0.15) is 53.4 Å². The maximum absolute atomic E-state index is 11.8. The van der Waals surface area contributed by atoms with Crippen molar-refractivity contribution in [1.29, 1.82) is 10.5 Å². The lowest BCUT2D eigenvalue weighted by molar-refractivity contribution is 0.130. The standard InChI is InChI=1S/C14H25N2O3P/c1-5-13(6-2,9-15)11-18-20(17)19-12-14(7-3,8-4)10-16/h20H,5-8,11-12H2,1-4H3. The second-order valence-electron chi connectivity index (χ2n) is 5.03. The summed E-state index contributed by atoms with van der Waals surface area (Å²) in [6, 6.07) is 4.44. The van der Waals surface area contributed by atoms with Crippen molar-refractivity contribution in [3.63, 3.8) is 0 Å². The van der Waals surface area contributed by atoms with Crippen molar-refractivity contribution in [3.8, 4) is 12.1 Å². The van der Waals surface area contributed by atoms with Crippen molar-refractivity contribution in [2.75, 3.05) is 13.2 Å². The van der Waals surface area contributed by atoms with E-state index in [1.54, 1.807) is 0 Å². The van der Waals surface area contributed by atoms with E-state index >= 15 is 0 Å². The van der Waals surface area contributed by atoms with E-state index in [4.69, 9.17) is 19.6 Å². The van der Waals surface area contributed by atoms with E-state index in [-0.39, 0.29) is 13.2 Å². The van der Waals surface area contributed by atoms with E-state index in [9.17, 15) is 4.57 Å². The van der Waals surface area contributed by atoms with Crippen LogP contribution in [0.2, 0.25) is 0 Å². The SMILES string of the molecule is CCC(C#N)(CC)CO[PH](=O)OCC(C#N)(CC)CC. The Balaban J connectivity index is 4.40. The number of nitriles is 2. The molecule has 0 fully saturated rings. The molecule has 0 rings (SSSR count). The van der Waals surface area contributed by atoms with Crippen LogP contribution < -0.4 is 0 Å². The van der Waals surface area contributed by atoms with E-state index < -0.39 is 19.1 Å². The minimum atomic E-state index is -2.67. The van der Waals surface area contributed by atoms with E-state index in [0.29, 0.717) is 25.7 Å². The highest BCUT2D eigenvalue weighted by atomic mass is 31.1. The Morgan fingerprint density at radius 2 is 1.15 bits per heavy atom. The van der Waals surface area contributed by atoms with Gasteiger partial charge in [0, 0.05) is 0 Å². The Morgan fingerprint density at radius 3 is 1.35 bits per heavy atom. The number of rotatable bonds is 10. The second-order valence-corrected chi connectivity index (χ2v) is 6.10. The molecule has 20 heavy (non-hydrogen) atoms. The van der Waals surface area contributed by atoms with Crippen molar-refractivity contribution in [3.05, 3.63) is 0 Å².